The Morgan fingerprint density at radius 2 is 1.85 bits per heavy atom. The lowest BCUT2D eigenvalue weighted by Crippen LogP contribution is -2.33. The van der Waals surface area contributed by atoms with E-state index in [1.54, 1.807) is 13.8 Å². The molecule has 0 aliphatic heterocycles. The number of aromatic nitrogens is 2. The third kappa shape index (κ3) is 5.57. The monoisotopic (exact) mass is 410 g/mol. The minimum atomic E-state index is -3.57. The van der Waals surface area contributed by atoms with E-state index in [2.05, 4.69) is 22.4 Å². The summed E-state index contributed by atoms with van der Waals surface area (Å²) in [7, 11) is -2.03. The SMILES string of the molecule is CCCCCc1nnc(NC(=O)c2ccc(S(=O)(=O)N(C)C(C)C)cc2)s1. The van der Waals surface area contributed by atoms with Crippen molar-refractivity contribution in [3.8, 4) is 0 Å². The third-order valence-corrected chi connectivity index (χ3v) is 7.15. The zero-order chi connectivity index (χ0) is 20.0. The number of amides is 1. The summed E-state index contributed by atoms with van der Waals surface area (Å²) in [5.74, 6) is -0.340. The first-order chi connectivity index (χ1) is 12.8. The Morgan fingerprint density at radius 3 is 2.44 bits per heavy atom. The predicted molar refractivity (Wildman–Crippen MR) is 108 cm³/mol. The normalized spacial score (nSPS) is 11.9. The van der Waals surface area contributed by atoms with Crippen LogP contribution in [0.1, 0.15) is 55.4 Å². The number of nitrogens with zero attached hydrogens (tertiary/aromatic N) is 3. The molecule has 0 unspecified atom stereocenters. The molecule has 0 saturated heterocycles. The summed E-state index contributed by atoms with van der Waals surface area (Å²) in [5, 5.41) is 12.1. The van der Waals surface area contributed by atoms with Gasteiger partial charge in [0.2, 0.25) is 15.2 Å². The van der Waals surface area contributed by atoms with Crippen LogP contribution >= 0.6 is 11.3 Å². The number of nitrogens with one attached hydrogen (secondary N) is 1. The quantitative estimate of drug-likeness (QED) is 0.638. The highest BCUT2D eigenvalue weighted by Gasteiger charge is 2.23. The van der Waals surface area contributed by atoms with Gasteiger partial charge in [-0.15, -0.1) is 10.2 Å². The summed E-state index contributed by atoms with van der Waals surface area (Å²) in [5.41, 5.74) is 0.365. The van der Waals surface area contributed by atoms with Crippen LogP contribution in [-0.4, -0.2) is 41.9 Å². The molecular weight excluding hydrogens is 384 g/mol. The molecule has 2 rings (SSSR count). The van der Waals surface area contributed by atoms with E-state index >= 15 is 0 Å². The summed E-state index contributed by atoms with van der Waals surface area (Å²) >= 11 is 1.36. The highest BCUT2D eigenvalue weighted by molar-refractivity contribution is 7.89. The fourth-order valence-corrected chi connectivity index (χ4v) is 4.47. The maximum Gasteiger partial charge on any atom is 0.257 e. The number of benzene rings is 1. The maximum atomic E-state index is 12.5. The second-order valence-electron chi connectivity index (χ2n) is 6.55. The first kappa shape index (κ1) is 21.5. The number of hydrogen-bond acceptors (Lipinski definition) is 6. The van der Waals surface area contributed by atoms with Crippen LogP contribution in [-0.2, 0) is 16.4 Å². The number of sulfonamides is 1. The zero-order valence-corrected chi connectivity index (χ0v) is 17.7. The van der Waals surface area contributed by atoms with Gasteiger partial charge in [0.15, 0.2) is 0 Å². The van der Waals surface area contributed by atoms with Crippen molar-refractivity contribution in [2.24, 2.45) is 0 Å². The number of unbranched alkanes of at least 4 members (excludes halogenated alkanes) is 2. The standard InChI is InChI=1S/C18H26N4O3S2/c1-5-6-7-8-16-20-21-18(26-16)19-17(23)14-9-11-15(12-10-14)27(24,25)22(4)13(2)3/h9-13H,5-8H2,1-4H3,(H,19,21,23). The summed E-state index contributed by atoms with van der Waals surface area (Å²) in [6, 6.07) is 5.74. The van der Waals surface area contributed by atoms with Crippen molar-refractivity contribution < 1.29 is 13.2 Å². The second-order valence-corrected chi connectivity index (χ2v) is 9.61. The van der Waals surface area contributed by atoms with Gasteiger partial charge in [0.25, 0.3) is 5.91 Å². The number of carbonyl (C=O) groups is 1. The molecule has 1 aromatic heterocycles. The van der Waals surface area contributed by atoms with Gasteiger partial charge in [0.1, 0.15) is 5.01 Å². The van der Waals surface area contributed by atoms with Crippen LogP contribution in [0.2, 0.25) is 0 Å². The average molecular weight is 411 g/mol. The molecule has 27 heavy (non-hydrogen) atoms. The van der Waals surface area contributed by atoms with Gasteiger partial charge in [0.05, 0.1) is 4.90 Å². The fourth-order valence-electron chi connectivity index (χ4n) is 2.32. The number of carbonyl (C=O) groups excluding carboxylic acids is 1. The van der Waals surface area contributed by atoms with Gasteiger partial charge in [-0.2, -0.15) is 4.31 Å². The van der Waals surface area contributed by atoms with Crippen molar-refractivity contribution in [3.63, 3.8) is 0 Å². The molecule has 0 aliphatic rings. The van der Waals surface area contributed by atoms with Gasteiger partial charge >= 0.3 is 0 Å². The molecule has 7 nitrogen and oxygen atoms in total. The Bertz CT molecular complexity index is 861. The van der Waals surface area contributed by atoms with Crippen molar-refractivity contribution in [3.05, 3.63) is 34.8 Å². The molecule has 1 aromatic carbocycles. The average Bonchev–Trinajstić information content (AvgIpc) is 3.08. The van der Waals surface area contributed by atoms with Crippen molar-refractivity contribution in [2.75, 3.05) is 12.4 Å². The van der Waals surface area contributed by atoms with E-state index in [-0.39, 0.29) is 16.8 Å². The smallest absolute Gasteiger partial charge is 0.257 e. The molecule has 0 fully saturated rings. The van der Waals surface area contributed by atoms with Crippen LogP contribution in [0.25, 0.3) is 0 Å². The number of aryl methyl sites for hydroxylation is 1. The van der Waals surface area contributed by atoms with Gasteiger partial charge in [0, 0.05) is 25.1 Å². The van der Waals surface area contributed by atoms with E-state index < -0.39 is 10.0 Å². The Hall–Kier alpha value is -1.84. The second kappa shape index (κ2) is 9.38. The minimum absolute atomic E-state index is 0.151. The molecule has 0 spiro atoms. The molecule has 148 valence electrons. The highest BCUT2D eigenvalue weighted by Crippen LogP contribution is 2.20. The van der Waals surface area contributed by atoms with Gasteiger partial charge in [-0.25, -0.2) is 8.42 Å². The summed E-state index contributed by atoms with van der Waals surface area (Å²) in [6.07, 6.45) is 4.20. The molecule has 1 N–H and O–H groups in total. The molecular formula is C18H26N4O3S2. The van der Waals surface area contributed by atoms with E-state index in [0.29, 0.717) is 10.7 Å². The number of rotatable bonds is 9. The van der Waals surface area contributed by atoms with Crippen LogP contribution in [0.5, 0.6) is 0 Å². The molecule has 0 saturated carbocycles. The summed E-state index contributed by atoms with van der Waals surface area (Å²) in [4.78, 5) is 12.5. The molecule has 0 atom stereocenters. The van der Waals surface area contributed by atoms with Crippen LogP contribution < -0.4 is 5.32 Å². The van der Waals surface area contributed by atoms with Crippen LogP contribution in [0, 0.1) is 0 Å². The summed E-state index contributed by atoms with van der Waals surface area (Å²) in [6.45, 7) is 5.75. The third-order valence-electron chi connectivity index (χ3n) is 4.20. The molecule has 1 amide bonds. The Kier molecular flexibility index (Phi) is 7.46. The number of hydrogen-bond donors (Lipinski definition) is 1. The molecule has 9 heteroatoms. The Labute approximate surface area is 164 Å². The molecule has 1 heterocycles. The lowest BCUT2D eigenvalue weighted by molar-refractivity contribution is 0.102. The van der Waals surface area contributed by atoms with Gasteiger partial charge in [-0.1, -0.05) is 31.1 Å². The first-order valence-corrected chi connectivity index (χ1v) is 11.2. The van der Waals surface area contributed by atoms with E-state index in [0.717, 1.165) is 30.7 Å². The van der Waals surface area contributed by atoms with Crippen molar-refractivity contribution in [2.45, 2.75) is 57.4 Å². The maximum absolute atomic E-state index is 12.5. The van der Waals surface area contributed by atoms with Gasteiger partial charge in [-0.05, 0) is 44.5 Å². The Balaban J connectivity index is 2.04. The van der Waals surface area contributed by atoms with Gasteiger partial charge < -0.3 is 0 Å². The van der Waals surface area contributed by atoms with E-state index in [1.807, 2.05) is 0 Å². The molecule has 0 radical (unpaired) electrons. The lowest BCUT2D eigenvalue weighted by Gasteiger charge is -2.20. The molecule has 0 aliphatic carbocycles. The van der Waals surface area contributed by atoms with Crippen molar-refractivity contribution >= 4 is 32.4 Å². The zero-order valence-electron chi connectivity index (χ0n) is 16.1. The number of anilines is 1. The Morgan fingerprint density at radius 1 is 1.19 bits per heavy atom. The minimum Gasteiger partial charge on any atom is -0.296 e. The van der Waals surface area contributed by atoms with Crippen molar-refractivity contribution in [1.29, 1.82) is 0 Å². The fraction of sp³-hybridized carbons (Fsp3) is 0.500. The van der Waals surface area contributed by atoms with E-state index in [1.165, 1.54) is 47.0 Å². The van der Waals surface area contributed by atoms with E-state index in [9.17, 15) is 13.2 Å². The predicted octanol–water partition coefficient (Wildman–Crippen LogP) is 3.55. The van der Waals surface area contributed by atoms with Crippen LogP contribution in [0.15, 0.2) is 29.2 Å². The van der Waals surface area contributed by atoms with Crippen LogP contribution in [0.3, 0.4) is 0 Å². The molecule has 0 bridgehead atoms. The largest absolute Gasteiger partial charge is 0.296 e. The highest BCUT2D eigenvalue weighted by atomic mass is 32.2. The lowest BCUT2D eigenvalue weighted by atomic mass is 10.2. The summed E-state index contributed by atoms with van der Waals surface area (Å²) < 4.78 is 26.2. The topological polar surface area (TPSA) is 92.3 Å². The van der Waals surface area contributed by atoms with Crippen LogP contribution in [0.4, 0.5) is 5.13 Å². The van der Waals surface area contributed by atoms with E-state index in [4.69, 9.17) is 0 Å². The van der Waals surface area contributed by atoms with Crippen molar-refractivity contribution in [1.82, 2.24) is 14.5 Å². The molecule has 2 aromatic rings. The first-order valence-electron chi connectivity index (χ1n) is 8.97. The van der Waals surface area contributed by atoms with Gasteiger partial charge in [-0.3, -0.25) is 10.1 Å².